The smallest absolute Gasteiger partial charge is 0.357 e. The van der Waals surface area contributed by atoms with Gasteiger partial charge in [-0.3, -0.25) is 14.9 Å². The second-order valence-electron chi connectivity index (χ2n) is 5.46. The number of pyridine rings is 1. The van der Waals surface area contributed by atoms with E-state index in [2.05, 4.69) is 10.3 Å². The summed E-state index contributed by atoms with van der Waals surface area (Å²) in [5.74, 6) is -0.992. The van der Waals surface area contributed by atoms with Crippen LogP contribution in [0.1, 0.15) is 16.9 Å². The molecule has 1 aliphatic rings. The lowest BCUT2D eigenvalue weighted by molar-refractivity contribution is -0.384. The summed E-state index contributed by atoms with van der Waals surface area (Å²) < 4.78 is 15.7. The van der Waals surface area contributed by atoms with E-state index in [9.17, 15) is 19.7 Å². The van der Waals surface area contributed by atoms with Gasteiger partial charge in [0.25, 0.3) is 11.6 Å². The number of nitrogens with zero attached hydrogens (tertiary/aromatic N) is 2. The molecule has 0 saturated heterocycles. The number of nitro benzene ring substituents is 1. The Morgan fingerprint density at radius 1 is 1.22 bits per heavy atom. The molecule has 0 atom stereocenters. The first kappa shape index (κ1) is 18.1. The highest BCUT2D eigenvalue weighted by Gasteiger charge is 2.23. The topological polar surface area (TPSA) is 130 Å². The number of nitrogens with one attached hydrogen (secondary N) is 1. The van der Waals surface area contributed by atoms with Gasteiger partial charge in [-0.15, -0.1) is 0 Å². The van der Waals surface area contributed by atoms with Gasteiger partial charge in [0, 0.05) is 18.7 Å². The van der Waals surface area contributed by atoms with Crippen LogP contribution in [0, 0.1) is 10.1 Å². The van der Waals surface area contributed by atoms with E-state index < -0.39 is 23.4 Å². The van der Waals surface area contributed by atoms with Gasteiger partial charge in [-0.05, 0) is 12.1 Å². The fourth-order valence-electron chi connectivity index (χ4n) is 2.32. The molecular weight excluding hydrogens is 358 g/mol. The van der Waals surface area contributed by atoms with E-state index in [4.69, 9.17) is 14.2 Å². The lowest BCUT2D eigenvalue weighted by Crippen LogP contribution is -2.21. The summed E-state index contributed by atoms with van der Waals surface area (Å²) in [4.78, 5) is 38.3. The van der Waals surface area contributed by atoms with Crippen molar-refractivity contribution in [1.29, 1.82) is 0 Å². The van der Waals surface area contributed by atoms with E-state index in [1.165, 1.54) is 24.4 Å². The molecule has 1 amide bonds. The first-order valence-electron chi connectivity index (χ1n) is 8.00. The molecule has 0 radical (unpaired) electrons. The van der Waals surface area contributed by atoms with Crippen LogP contribution in [-0.4, -0.2) is 41.6 Å². The third-order valence-electron chi connectivity index (χ3n) is 3.55. The number of fused-ring (bicyclic) bond motifs is 1. The molecule has 0 fully saturated rings. The molecule has 0 unspecified atom stereocenters. The largest absolute Gasteiger partial charge is 0.489 e. The van der Waals surface area contributed by atoms with Gasteiger partial charge in [0.05, 0.1) is 24.2 Å². The molecule has 2 heterocycles. The number of carbonyl (C=O) groups is 2. The minimum absolute atomic E-state index is 0.0480. The van der Waals surface area contributed by atoms with Gasteiger partial charge < -0.3 is 19.5 Å². The number of nitro groups is 1. The second-order valence-corrected chi connectivity index (χ2v) is 5.46. The molecule has 27 heavy (non-hydrogen) atoms. The third-order valence-corrected chi connectivity index (χ3v) is 3.55. The van der Waals surface area contributed by atoms with Gasteiger partial charge in [-0.1, -0.05) is 6.07 Å². The summed E-state index contributed by atoms with van der Waals surface area (Å²) >= 11 is 0. The molecule has 10 nitrogen and oxygen atoms in total. The monoisotopic (exact) mass is 373 g/mol. The zero-order chi connectivity index (χ0) is 19.2. The van der Waals surface area contributed by atoms with E-state index in [1.54, 1.807) is 12.1 Å². The van der Waals surface area contributed by atoms with Gasteiger partial charge in [0.1, 0.15) is 11.4 Å². The average molecular weight is 373 g/mol. The Balaban J connectivity index is 1.70. The fourth-order valence-corrected chi connectivity index (χ4v) is 2.32. The van der Waals surface area contributed by atoms with Crippen LogP contribution in [0.2, 0.25) is 0 Å². The van der Waals surface area contributed by atoms with Crippen LogP contribution >= 0.6 is 0 Å². The molecule has 140 valence electrons. The van der Waals surface area contributed by atoms with E-state index in [-0.39, 0.29) is 22.8 Å². The van der Waals surface area contributed by atoms with Crippen LogP contribution in [-0.2, 0) is 9.53 Å². The Kier molecular flexibility index (Phi) is 5.45. The Hall–Kier alpha value is -3.69. The highest BCUT2D eigenvalue weighted by atomic mass is 16.6. The van der Waals surface area contributed by atoms with Crippen LogP contribution in [0.15, 0.2) is 36.5 Å². The highest BCUT2D eigenvalue weighted by molar-refractivity contribution is 5.96. The predicted molar refractivity (Wildman–Crippen MR) is 91.9 cm³/mol. The molecule has 1 aromatic heterocycles. The van der Waals surface area contributed by atoms with Gasteiger partial charge in [0.2, 0.25) is 0 Å². The SMILES string of the molecule is O=C(COC(=O)c1ccccn1)Nc1cc2c(cc1[N+](=O)[O-])OCCCO2. The molecule has 2 aromatic rings. The number of amides is 1. The maximum Gasteiger partial charge on any atom is 0.357 e. The Morgan fingerprint density at radius 2 is 1.96 bits per heavy atom. The van der Waals surface area contributed by atoms with E-state index in [0.717, 1.165) is 0 Å². The van der Waals surface area contributed by atoms with Crippen molar-refractivity contribution in [2.45, 2.75) is 6.42 Å². The summed E-state index contributed by atoms with van der Waals surface area (Å²) in [6, 6.07) is 7.18. The molecule has 0 saturated carbocycles. The third kappa shape index (κ3) is 4.48. The molecule has 0 spiro atoms. The van der Waals surface area contributed by atoms with Crippen molar-refractivity contribution >= 4 is 23.3 Å². The minimum atomic E-state index is -0.779. The standard InChI is InChI=1S/C17H15N3O7/c21-16(10-27-17(22)11-4-1-2-5-18-11)19-12-8-14-15(9-13(12)20(23)24)26-7-3-6-25-14/h1-2,4-5,8-9H,3,6-7,10H2,(H,19,21). The van der Waals surface area contributed by atoms with Crippen LogP contribution in [0.4, 0.5) is 11.4 Å². The summed E-state index contributed by atoms with van der Waals surface area (Å²) in [6.45, 7) is 0.139. The Morgan fingerprint density at radius 3 is 2.63 bits per heavy atom. The van der Waals surface area contributed by atoms with E-state index in [1.807, 2.05) is 0 Å². The van der Waals surface area contributed by atoms with Crippen molar-refractivity contribution in [3.05, 3.63) is 52.3 Å². The van der Waals surface area contributed by atoms with Gasteiger partial charge in [0.15, 0.2) is 18.1 Å². The number of hydrogen-bond acceptors (Lipinski definition) is 8. The Labute approximate surface area is 153 Å². The van der Waals surface area contributed by atoms with Crippen molar-refractivity contribution in [1.82, 2.24) is 4.98 Å². The number of rotatable bonds is 5. The highest BCUT2D eigenvalue weighted by Crippen LogP contribution is 2.39. The summed E-state index contributed by atoms with van der Waals surface area (Å²) in [5, 5.41) is 13.6. The zero-order valence-electron chi connectivity index (χ0n) is 14.0. The fraction of sp³-hybridized carbons (Fsp3) is 0.235. The lowest BCUT2D eigenvalue weighted by Gasteiger charge is -2.11. The maximum atomic E-state index is 12.1. The van der Waals surface area contributed by atoms with Crippen molar-refractivity contribution in [3.63, 3.8) is 0 Å². The van der Waals surface area contributed by atoms with Crippen molar-refractivity contribution in [2.75, 3.05) is 25.1 Å². The lowest BCUT2D eigenvalue weighted by atomic mass is 10.2. The molecule has 0 bridgehead atoms. The second kappa shape index (κ2) is 8.13. The van der Waals surface area contributed by atoms with Crippen LogP contribution < -0.4 is 14.8 Å². The number of ether oxygens (including phenoxy) is 3. The normalized spacial score (nSPS) is 12.6. The number of esters is 1. The Bertz CT molecular complexity index is 870. The van der Waals surface area contributed by atoms with Crippen molar-refractivity contribution < 1.29 is 28.7 Å². The molecule has 3 rings (SSSR count). The number of anilines is 1. The minimum Gasteiger partial charge on any atom is -0.489 e. The zero-order valence-corrected chi connectivity index (χ0v) is 14.0. The number of hydrogen-bond donors (Lipinski definition) is 1. The molecule has 10 heteroatoms. The van der Waals surface area contributed by atoms with Gasteiger partial charge in [-0.25, -0.2) is 9.78 Å². The first-order valence-corrected chi connectivity index (χ1v) is 8.00. The summed E-state index contributed by atoms with van der Waals surface area (Å²) in [7, 11) is 0. The van der Waals surface area contributed by atoms with Crippen LogP contribution in [0.5, 0.6) is 11.5 Å². The number of carbonyl (C=O) groups excluding carboxylic acids is 2. The predicted octanol–water partition coefficient (Wildman–Crippen LogP) is 1.95. The van der Waals surface area contributed by atoms with Gasteiger partial charge in [-0.2, -0.15) is 0 Å². The van der Waals surface area contributed by atoms with E-state index in [0.29, 0.717) is 25.4 Å². The van der Waals surface area contributed by atoms with E-state index >= 15 is 0 Å². The molecular formula is C17H15N3O7. The molecule has 1 aliphatic heterocycles. The maximum absolute atomic E-state index is 12.1. The van der Waals surface area contributed by atoms with Crippen LogP contribution in [0.3, 0.4) is 0 Å². The quantitative estimate of drug-likeness (QED) is 0.478. The van der Waals surface area contributed by atoms with Crippen molar-refractivity contribution in [3.8, 4) is 11.5 Å². The van der Waals surface area contributed by atoms with Crippen molar-refractivity contribution in [2.24, 2.45) is 0 Å². The summed E-state index contributed by atoms with van der Waals surface area (Å²) in [5.41, 5.74) is -0.390. The number of benzene rings is 1. The molecule has 1 N–H and O–H groups in total. The molecule has 1 aromatic carbocycles. The first-order chi connectivity index (χ1) is 13.0. The van der Waals surface area contributed by atoms with Crippen LogP contribution in [0.25, 0.3) is 0 Å². The number of aromatic nitrogens is 1. The van der Waals surface area contributed by atoms with Gasteiger partial charge >= 0.3 is 5.97 Å². The average Bonchev–Trinajstić information content (AvgIpc) is 2.91. The molecule has 0 aliphatic carbocycles. The summed E-state index contributed by atoms with van der Waals surface area (Å²) in [6.07, 6.45) is 2.05.